The Kier molecular flexibility index (Phi) is 7.94. The van der Waals surface area contributed by atoms with Crippen LogP contribution in [0.5, 0.6) is 17.2 Å². The minimum absolute atomic E-state index is 0.139. The van der Waals surface area contributed by atoms with E-state index in [1.165, 1.54) is 51.7 Å². The fourth-order valence-corrected chi connectivity index (χ4v) is 3.18. The van der Waals surface area contributed by atoms with Gasteiger partial charge in [0.25, 0.3) is 17.7 Å². The van der Waals surface area contributed by atoms with Gasteiger partial charge in [0, 0.05) is 16.1 Å². The normalized spacial score (nSPS) is 10.1. The molecule has 34 heavy (non-hydrogen) atoms. The van der Waals surface area contributed by atoms with Gasteiger partial charge >= 0.3 is 0 Å². The van der Waals surface area contributed by atoms with Gasteiger partial charge in [-0.25, -0.2) is 0 Å². The number of hydrogen-bond donors (Lipinski definition) is 3. The van der Waals surface area contributed by atoms with Gasteiger partial charge in [0.2, 0.25) is 5.75 Å². The Balaban J connectivity index is 1.76. The summed E-state index contributed by atoms with van der Waals surface area (Å²) in [5.41, 5.74) is 5.58. The van der Waals surface area contributed by atoms with E-state index in [2.05, 4.69) is 16.2 Å². The first kappa shape index (κ1) is 24.4. The molecule has 0 radical (unpaired) electrons. The number of anilines is 1. The monoisotopic (exact) mass is 483 g/mol. The summed E-state index contributed by atoms with van der Waals surface area (Å²) >= 11 is 5.82. The van der Waals surface area contributed by atoms with Gasteiger partial charge in [-0.05, 0) is 48.5 Å². The Morgan fingerprint density at radius 3 is 1.88 bits per heavy atom. The molecular formula is C24H22ClN3O6. The van der Waals surface area contributed by atoms with Crippen molar-refractivity contribution in [2.75, 3.05) is 26.6 Å². The minimum atomic E-state index is -0.622. The molecule has 0 aliphatic carbocycles. The average molecular weight is 484 g/mol. The van der Waals surface area contributed by atoms with Crippen LogP contribution in [0, 0.1) is 0 Å². The highest BCUT2D eigenvalue weighted by Crippen LogP contribution is 2.38. The zero-order valence-electron chi connectivity index (χ0n) is 18.6. The van der Waals surface area contributed by atoms with Crippen LogP contribution in [0.1, 0.15) is 31.1 Å². The lowest BCUT2D eigenvalue weighted by atomic mass is 10.1. The number of para-hydroxylation sites is 1. The van der Waals surface area contributed by atoms with Gasteiger partial charge in [0.05, 0.1) is 32.6 Å². The highest BCUT2D eigenvalue weighted by molar-refractivity contribution is 6.30. The fraction of sp³-hybridized carbons (Fsp3) is 0.125. The first-order valence-corrected chi connectivity index (χ1v) is 10.3. The second-order valence-electron chi connectivity index (χ2n) is 6.83. The number of ether oxygens (including phenoxy) is 3. The number of halogens is 1. The molecule has 0 aliphatic heterocycles. The molecule has 0 spiro atoms. The van der Waals surface area contributed by atoms with E-state index < -0.39 is 17.7 Å². The molecule has 0 atom stereocenters. The summed E-state index contributed by atoms with van der Waals surface area (Å²) in [6, 6.07) is 15.5. The van der Waals surface area contributed by atoms with Crippen molar-refractivity contribution >= 4 is 35.0 Å². The predicted octanol–water partition coefficient (Wildman–Crippen LogP) is 3.69. The van der Waals surface area contributed by atoms with Crippen molar-refractivity contribution < 1.29 is 28.6 Å². The van der Waals surface area contributed by atoms with Crippen LogP contribution in [-0.4, -0.2) is 39.1 Å². The van der Waals surface area contributed by atoms with Gasteiger partial charge < -0.3 is 19.5 Å². The summed E-state index contributed by atoms with van der Waals surface area (Å²) in [5, 5.41) is 3.18. The van der Waals surface area contributed by atoms with Crippen LogP contribution in [0.4, 0.5) is 5.69 Å². The highest BCUT2D eigenvalue weighted by atomic mass is 35.5. The van der Waals surface area contributed by atoms with Crippen LogP contribution in [-0.2, 0) is 0 Å². The Morgan fingerprint density at radius 2 is 1.29 bits per heavy atom. The number of carbonyl (C=O) groups excluding carboxylic acids is 3. The SMILES string of the molecule is COc1cc(C(=O)Nc2ccccc2C(=O)NNC(=O)c2ccc(Cl)cc2)cc(OC)c1OC. The van der Waals surface area contributed by atoms with Gasteiger partial charge in [-0.15, -0.1) is 0 Å². The molecule has 0 unspecified atom stereocenters. The van der Waals surface area contributed by atoms with Gasteiger partial charge in [-0.3, -0.25) is 25.2 Å². The molecule has 0 heterocycles. The van der Waals surface area contributed by atoms with Gasteiger partial charge in [0.15, 0.2) is 11.5 Å². The molecule has 0 aromatic heterocycles. The lowest BCUT2D eigenvalue weighted by Crippen LogP contribution is -2.41. The summed E-state index contributed by atoms with van der Waals surface area (Å²) < 4.78 is 15.8. The lowest BCUT2D eigenvalue weighted by molar-refractivity contribution is 0.0847. The summed E-state index contributed by atoms with van der Waals surface area (Å²) in [4.78, 5) is 37.9. The first-order valence-electron chi connectivity index (χ1n) is 9.94. The molecule has 9 nitrogen and oxygen atoms in total. The molecule has 3 amide bonds. The van der Waals surface area contributed by atoms with E-state index in [-0.39, 0.29) is 16.8 Å². The maximum absolute atomic E-state index is 12.9. The standard InChI is InChI=1S/C24H22ClN3O6/c1-32-19-12-15(13-20(33-2)21(19)34-3)22(29)26-18-7-5-4-6-17(18)24(31)28-27-23(30)14-8-10-16(25)11-9-14/h4-13H,1-3H3,(H,26,29)(H,27,30)(H,28,31). The van der Waals surface area contributed by atoms with E-state index in [4.69, 9.17) is 25.8 Å². The largest absolute Gasteiger partial charge is 0.493 e. The van der Waals surface area contributed by atoms with Crippen molar-refractivity contribution in [3.8, 4) is 17.2 Å². The molecule has 0 saturated heterocycles. The van der Waals surface area contributed by atoms with E-state index in [9.17, 15) is 14.4 Å². The van der Waals surface area contributed by atoms with Crippen LogP contribution in [0.3, 0.4) is 0 Å². The van der Waals surface area contributed by atoms with Crippen molar-refractivity contribution in [3.63, 3.8) is 0 Å². The molecule has 3 rings (SSSR count). The zero-order valence-corrected chi connectivity index (χ0v) is 19.4. The van der Waals surface area contributed by atoms with Crippen LogP contribution in [0.25, 0.3) is 0 Å². The Morgan fingerprint density at radius 1 is 0.706 bits per heavy atom. The Labute approximate surface area is 200 Å². The van der Waals surface area contributed by atoms with Crippen LogP contribution in [0.15, 0.2) is 60.7 Å². The van der Waals surface area contributed by atoms with Crippen LogP contribution < -0.4 is 30.4 Å². The molecule has 0 aliphatic rings. The molecule has 3 aromatic carbocycles. The second kappa shape index (κ2) is 11.1. The number of nitrogens with one attached hydrogen (secondary N) is 3. The number of carbonyl (C=O) groups is 3. The summed E-state index contributed by atoms with van der Waals surface area (Å²) in [7, 11) is 4.34. The third-order valence-corrected chi connectivity index (χ3v) is 4.99. The van der Waals surface area contributed by atoms with Crippen LogP contribution in [0.2, 0.25) is 5.02 Å². The topological polar surface area (TPSA) is 115 Å². The number of benzene rings is 3. The molecule has 3 N–H and O–H groups in total. The summed E-state index contributed by atoms with van der Waals surface area (Å²) in [5.74, 6) is -0.694. The zero-order chi connectivity index (χ0) is 24.7. The fourth-order valence-electron chi connectivity index (χ4n) is 3.05. The minimum Gasteiger partial charge on any atom is -0.493 e. The van der Waals surface area contributed by atoms with E-state index in [1.54, 1.807) is 30.3 Å². The van der Waals surface area contributed by atoms with E-state index >= 15 is 0 Å². The number of hydrazine groups is 1. The smallest absolute Gasteiger partial charge is 0.271 e. The molecule has 176 valence electrons. The van der Waals surface area contributed by atoms with Crippen molar-refractivity contribution in [2.24, 2.45) is 0 Å². The summed E-state index contributed by atoms with van der Waals surface area (Å²) in [6.45, 7) is 0. The quantitative estimate of drug-likeness (QED) is 0.441. The van der Waals surface area contributed by atoms with Gasteiger partial charge in [-0.2, -0.15) is 0 Å². The molecule has 0 fully saturated rings. The molecule has 0 bridgehead atoms. The Hall–Kier alpha value is -4.24. The lowest BCUT2D eigenvalue weighted by Gasteiger charge is -2.15. The first-order chi connectivity index (χ1) is 16.4. The highest BCUT2D eigenvalue weighted by Gasteiger charge is 2.19. The number of rotatable bonds is 7. The van der Waals surface area contributed by atoms with E-state index in [0.29, 0.717) is 27.8 Å². The van der Waals surface area contributed by atoms with Gasteiger partial charge in [0.1, 0.15) is 0 Å². The predicted molar refractivity (Wildman–Crippen MR) is 127 cm³/mol. The maximum atomic E-state index is 12.9. The van der Waals surface area contributed by atoms with E-state index in [1.807, 2.05) is 0 Å². The van der Waals surface area contributed by atoms with Crippen molar-refractivity contribution in [2.45, 2.75) is 0 Å². The second-order valence-corrected chi connectivity index (χ2v) is 7.27. The van der Waals surface area contributed by atoms with Crippen molar-refractivity contribution in [3.05, 3.63) is 82.4 Å². The molecule has 3 aromatic rings. The van der Waals surface area contributed by atoms with Crippen LogP contribution >= 0.6 is 11.6 Å². The van der Waals surface area contributed by atoms with Crippen molar-refractivity contribution in [1.82, 2.24) is 10.9 Å². The third-order valence-electron chi connectivity index (χ3n) is 4.74. The van der Waals surface area contributed by atoms with Crippen molar-refractivity contribution in [1.29, 1.82) is 0 Å². The maximum Gasteiger partial charge on any atom is 0.271 e. The number of amides is 3. The van der Waals surface area contributed by atoms with Gasteiger partial charge in [-0.1, -0.05) is 23.7 Å². The van der Waals surface area contributed by atoms with E-state index in [0.717, 1.165) is 0 Å². The number of methoxy groups -OCH3 is 3. The molecule has 10 heteroatoms. The molecular weight excluding hydrogens is 462 g/mol. The summed E-state index contributed by atoms with van der Waals surface area (Å²) in [6.07, 6.45) is 0. The Bertz CT molecular complexity index is 1190. The number of hydrogen-bond acceptors (Lipinski definition) is 6. The average Bonchev–Trinajstić information content (AvgIpc) is 2.86. The molecule has 0 saturated carbocycles. The third kappa shape index (κ3) is 5.57.